The Labute approximate surface area is 228 Å². The number of aryl methyl sites for hydroxylation is 1. The molecule has 2 fully saturated rings. The molecular formula is C33H33N3O3. The van der Waals surface area contributed by atoms with Crippen LogP contribution in [0.15, 0.2) is 77.7 Å². The van der Waals surface area contributed by atoms with Gasteiger partial charge in [-0.05, 0) is 90.6 Å². The summed E-state index contributed by atoms with van der Waals surface area (Å²) >= 11 is 0. The number of pyridine rings is 2. The molecule has 1 N–H and O–H groups in total. The van der Waals surface area contributed by atoms with Crippen LogP contribution in [-0.2, 0) is 17.8 Å². The topological polar surface area (TPSA) is 75.4 Å². The van der Waals surface area contributed by atoms with Crippen molar-refractivity contribution >= 4 is 16.7 Å². The number of likely N-dealkylation sites (tertiary alicyclic amines) is 1. The van der Waals surface area contributed by atoms with E-state index in [1.54, 1.807) is 27.8 Å². The molecule has 1 saturated heterocycles. The van der Waals surface area contributed by atoms with Gasteiger partial charge in [0.1, 0.15) is 0 Å². The Morgan fingerprint density at radius 2 is 1.90 bits per heavy atom. The van der Waals surface area contributed by atoms with E-state index in [2.05, 4.69) is 30.1 Å². The molecule has 2 aliphatic rings. The van der Waals surface area contributed by atoms with Crippen molar-refractivity contribution in [3.05, 3.63) is 106 Å². The second kappa shape index (κ2) is 10.3. The quantitative estimate of drug-likeness (QED) is 0.328. The molecule has 1 amide bonds. The Hall–Kier alpha value is -4.03. The first-order chi connectivity index (χ1) is 19.0. The fourth-order valence-electron chi connectivity index (χ4n) is 5.73. The Bertz CT molecular complexity index is 1660. The number of carbonyl (C=O) groups excluding carboxylic acids is 1. The van der Waals surface area contributed by atoms with Crippen molar-refractivity contribution in [1.82, 2.24) is 14.5 Å². The average molecular weight is 520 g/mol. The van der Waals surface area contributed by atoms with E-state index in [0.717, 1.165) is 34.3 Å². The maximum Gasteiger partial charge on any atom is 0.263 e. The molecule has 0 bridgehead atoms. The number of aliphatic hydroxyl groups is 1. The van der Waals surface area contributed by atoms with Gasteiger partial charge in [0.2, 0.25) is 5.91 Å². The lowest BCUT2D eigenvalue weighted by Crippen LogP contribution is -2.49. The normalized spacial score (nSPS) is 15.7. The molecule has 1 aliphatic carbocycles. The summed E-state index contributed by atoms with van der Waals surface area (Å²) in [4.78, 5) is 32.9. The van der Waals surface area contributed by atoms with Crippen LogP contribution in [0.2, 0.25) is 0 Å². The first-order valence-electron chi connectivity index (χ1n) is 13.8. The SMILES string of the molecule is C/C=C/C(=O)N1CC(c2cc3cc(C4CC4)ccc3c(=O)n2-c2cccc(-c3ccnc(CC)c3)c2CO)C1. The van der Waals surface area contributed by atoms with E-state index < -0.39 is 0 Å². The molecule has 0 spiro atoms. The third-order valence-corrected chi connectivity index (χ3v) is 8.08. The van der Waals surface area contributed by atoms with E-state index in [9.17, 15) is 14.7 Å². The summed E-state index contributed by atoms with van der Waals surface area (Å²) in [7, 11) is 0. The van der Waals surface area contributed by atoms with Gasteiger partial charge in [0.25, 0.3) is 5.56 Å². The summed E-state index contributed by atoms with van der Waals surface area (Å²) in [5, 5.41) is 12.2. The number of nitrogens with zero attached hydrogens (tertiary/aromatic N) is 3. The highest BCUT2D eigenvalue weighted by molar-refractivity contribution is 5.88. The third-order valence-electron chi connectivity index (χ3n) is 8.08. The monoisotopic (exact) mass is 519 g/mol. The largest absolute Gasteiger partial charge is 0.392 e. The number of fused-ring (bicyclic) bond motifs is 1. The minimum atomic E-state index is -0.212. The fourth-order valence-corrected chi connectivity index (χ4v) is 5.73. The molecule has 198 valence electrons. The molecule has 2 aromatic heterocycles. The molecule has 1 saturated carbocycles. The van der Waals surface area contributed by atoms with Crippen LogP contribution in [-0.4, -0.2) is 38.6 Å². The van der Waals surface area contributed by atoms with E-state index in [4.69, 9.17) is 0 Å². The zero-order valence-electron chi connectivity index (χ0n) is 22.4. The highest BCUT2D eigenvalue weighted by Crippen LogP contribution is 2.41. The van der Waals surface area contributed by atoms with Crippen LogP contribution >= 0.6 is 0 Å². The first kappa shape index (κ1) is 25.3. The van der Waals surface area contributed by atoms with Crippen molar-refractivity contribution in [2.75, 3.05) is 13.1 Å². The predicted molar refractivity (Wildman–Crippen MR) is 154 cm³/mol. The van der Waals surface area contributed by atoms with Crippen molar-refractivity contribution in [3.63, 3.8) is 0 Å². The van der Waals surface area contributed by atoms with E-state index in [0.29, 0.717) is 35.6 Å². The van der Waals surface area contributed by atoms with E-state index >= 15 is 0 Å². The lowest BCUT2D eigenvalue weighted by molar-refractivity contribution is -0.130. The van der Waals surface area contributed by atoms with Gasteiger partial charge in [0.15, 0.2) is 0 Å². The standard InChI is InChI=1S/C33H33N3O3/c1-3-6-32(38)35-18-25(19-35)31-17-24-15-22(21-9-10-21)11-12-28(24)33(39)36(31)30-8-5-7-27(29(30)20-37)23-13-14-34-26(4-2)16-23/h3,5-8,11-17,21,25,37H,4,9-10,18-20H2,1-2H3/b6-3+. The van der Waals surface area contributed by atoms with E-state index in [1.165, 1.54) is 18.4 Å². The number of allylic oxidation sites excluding steroid dienone is 1. The minimum absolute atomic E-state index is 0.0121. The lowest BCUT2D eigenvalue weighted by atomic mass is 9.92. The maximum absolute atomic E-state index is 14.2. The summed E-state index contributed by atoms with van der Waals surface area (Å²) in [6, 6.07) is 18.1. The van der Waals surface area contributed by atoms with Crippen LogP contribution in [0, 0.1) is 0 Å². The lowest BCUT2D eigenvalue weighted by Gasteiger charge is -2.40. The first-order valence-corrected chi connectivity index (χ1v) is 13.8. The number of aromatic nitrogens is 2. The van der Waals surface area contributed by atoms with Crippen LogP contribution in [0.5, 0.6) is 0 Å². The second-order valence-electron chi connectivity index (χ2n) is 10.6. The van der Waals surface area contributed by atoms with Gasteiger partial charge >= 0.3 is 0 Å². The summed E-state index contributed by atoms with van der Waals surface area (Å²) in [5.74, 6) is 0.592. The van der Waals surface area contributed by atoms with E-state index in [1.807, 2.05) is 43.3 Å². The van der Waals surface area contributed by atoms with Crippen LogP contribution in [0.1, 0.15) is 61.0 Å². The summed E-state index contributed by atoms with van der Waals surface area (Å²) < 4.78 is 1.78. The number of hydrogen-bond acceptors (Lipinski definition) is 4. The molecule has 6 rings (SSSR count). The van der Waals surface area contributed by atoms with Crippen molar-refractivity contribution in [2.24, 2.45) is 0 Å². The smallest absolute Gasteiger partial charge is 0.263 e. The van der Waals surface area contributed by atoms with Gasteiger partial charge in [-0.15, -0.1) is 0 Å². The van der Waals surface area contributed by atoms with Crippen LogP contribution in [0.3, 0.4) is 0 Å². The zero-order valence-corrected chi connectivity index (χ0v) is 22.4. The number of carbonyl (C=O) groups is 1. The van der Waals surface area contributed by atoms with Crippen LogP contribution < -0.4 is 5.56 Å². The van der Waals surface area contributed by atoms with Gasteiger partial charge in [0, 0.05) is 47.5 Å². The van der Waals surface area contributed by atoms with Crippen molar-refractivity contribution in [2.45, 2.75) is 51.6 Å². The molecule has 3 heterocycles. The van der Waals surface area contributed by atoms with Crippen LogP contribution in [0.4, 0.5) is 0 Å². The zero-order chi connectivity index (χ0) is 27.1. The molecule has 0 unspecified atom stereocenters. The number of rotatable bonds is 7. The molecule has 1 aliphatic heterocycles. The second-order valence-corrected chi connectivity index (χ2v) is 10.6. The molecule has 4 aromatic rings. The van der Waals surface area contributed by atoms with Gasteiger partial charge in [-0.1, -0.05) is 37.3 Å². The summed E-state index contributed by atoms with van der Waals surface area (Å²) in [6.45, 7) is 4.79. The highest BCUT2D eigenvalue weighted by Gasteiger charge is 2.34. The molecule has 6 nitrogen and oxygen atoms in total. The van der Waals surface area contributed by atoms with Gasteiger partial charge in [0.05, 0.1) is 12.3 Å². The third kappa shape index (κ3) is 4.59. The van der Waals surface area contributed by atoms with Gasteiger partial charge in [-0.2, -0.15) is 0 Å². The minimum Gasteiger partial charge on any atom is -0.392 e. The maximum atomic E-state index is 14.2. The molecule has 2 aromatic carbocycles. The number of hydrogen-bond donors (Lipinski definition) is 1. The fraction of sp³-hybridized carbons (Fsp3) is 0.303. The van der Waals surface area contributed by atoms with E-state index in [-0.39, 0.29) is 24.0 Å². The molecule has 0 radical (unpaired) electrons. The molecule has 39 heavy (non-hydrogen) atoms. The highest BCUT2D eigenvalue weighted by atomic mass is 16.3. The van der Waals surface area contributed by atoms with Gasteiger partial charge in [-0.3, -0.25) is 19.1 Å². The van der Waals surface area contributed by atoms with Crippen LogP contribution in [0.25, 0.3) is 27.6 Å². The van der Waals surface area contributed by atoms with Gasteiger partial charge < -0.3 is 10.0 Å². The summed E-state index contributed by atoms with van der Waals surface area (Å²) in [6.07, 6.45) is 8.32. The number of aliphatic hydroxyl groups excluding tert-OH is 1. The Morgan fingerprint density at radius 1 is 1.08 bits per heavy atom. The Balaban J connectivity index is 1.53. The van der Waals surface area contributed by atoms with Gasteiger partial charge in [-0.25, -0.2) is 0 Å². The predicted octanol–water partition coefficient (Wildman–Crippen LogP) is 5.49. The molecule has 6 heteroatoms. The Kier molecular flexibility index (Phi) is 6.65. The number of benzene rings is 2. The summed E-state index contributed by atoms with van der Waals surface area (Å²) in [5.41, 5.74) is 6.25. The van der Waals surface area contributed by atoms with Crippen molar-refractivity contribution in [3.8, 4) is 16.8 Å². The van der Waals surface area contributed by atoms with Crippen molar-refractivity contribution in [1.29, 1.82) is 0 Å². The average Bonchev–Trinajstić information content (AvgIpc) is 3.78. The number of amides is 1. The molecule has 0 atom stereocenters. The Morgan fingerprint density at radius 3 is 2.62 bits per heavy atom. The molecular weight excluding hydrogens is 486 g/mol. The van der Waals surface area contributed by atoms with Crippen molar-refractivity contribution < 1.29 is 9.90 Å².